The highest BCUT2D eigenvalue weighted by Gasteiger charge is 2.31. The van der Waals surface area contributed by atoms with Crippen molar-refractivity contribution in [1.82, 2.24) is 10.6 Å². The van der Waals surface area contributed by atoms with Crippen LogP contribution in [0.3, 0.4) is 0 Å². The van der Waals surface area contributed by atoms with Crippen LogP contribution in [0, 0.1) is 5.82 Å². The normalized spacial score (nSPS) is 12.0. The van der Waals surface area contributed by atoms with E-state index in [1.807, 2.05) is 5.32 Å². The lowest BCUT2D eigenvalue weighted by molar-refractivity contribution is -0.0115. The van der Waals surface area contributed by atoms with Gasteiger partial charge in [-0.05, 0) is 64.8 Å². The van der Waals surface area contributed by atoms with Gasteiger partial charge in [-0.3, -0.25) is 4.79 Å². The van der Waals surface area contributed by atoms with Crippen molar-refractivity contribution >= 4 is 12.0 Å². The summed E-state index contributed by atoms with van der Waals surface area (Å²) in [6.45, 7) is 7.48. The fourth-order valence-electron chi connectivity index (χ4n) is 2.25. The molecule has 0 bridgehead atoms. The van der Waals surface area contributed by atoms with Gasteiger partial charge in [-0.1, -0.05) is 0 Å². The van der Waals surface area contributed by atoms with Crippen LogP contribution in [0.2, 0.25) is 0 Å². The second-order valence-corrected chi connectivity index (χ2v) is 7.64. The number of alkyl halides is 2. The summed E-state index contributed by atoms with van der Waals surface area (Å²) in [7, 11) is 0. The number of amides is 2. The Morgan fingerprint density at radius 3 is 2.37 bits per heavy atom. The molecule has 2 N–H and O–H groups in total. The van der Waals surface area contributed by atoms with E-state index in [4.69, 9.17) is 4.74 Å². The van der Waals surface area contributed by atoms with Crippen molar-refractivity contribution in [2.24, 2.45) is 0 Å². The number of nitrogens with one attached hydrogen (secondary N) is 2. The number of hydrogen-bond acceptors (Lipinski definition) is 3. The van der Waals surface area contributed by atoms with Gasteiger partial charge in [0.05, 0.1) is 6.54 Å². The van der Waals surface area contributed by atoms with Crippen LogP contribution >= 0.6 is 0 Å². The van der Waals surface area contributed by atoms with Crippen LogP contribution in [0.5, 0.6) is 0 Å². The average Bonchev–Trinajstić information content (AvgIpc) is 2.49. The first kappa shape index (κ1) is 22.8. The quantitative estimate of drug-likeness (QED) is 0.740. The van der Waals surface area contributed by atoms with Gasteiger partial charge < -0.3 is 15.4 Å². The Morgan fingerprint density at radius 1 is 1.19 bits per heavy atom. The van der Waals surface area contributed by atoms with Crippen molar-refractivity contribution in [3.8, 4) is 0 Å². The molecule has 0 aliphatic rings. The Bertz CT molecular complexity index is 671. The number of ether oxygens (including phenoxy) is 1. The van der Waals surface area contributed by atoms with E-state index < -0.39 is 42.3 Å². The smallest absolute Gasteiger partial charge is 0.407 e. The topological polar surface area (TPSA) is 67.4 Å². The molecule has 0 atom stereocenters. The number of carbonyl (C=O) groups is 2. The molecule has 152 valence electrons. The number of aryl methyl sites for hydroxylation is 1. The number of hydrogen-bond donors (Lipinski definition) is 2. The highest BCUT2D eigenvalue weighted by molar-refractivity contribution is 5.95. The predicted octanol–water partition coefficient (Wildman–Crippen LogP) is 4.06. The van der Waals surface area contributed by atoms with E-state index in [1.165, 1.54) is 6.07 Å². The van der Waals surface area contributed by atoms with Crippen LogP contribution in [0.25, 0.3) is 0 Å². The fraction of sp³-hybridized carbons (Fsp3) is 0.579. The molecular weight excluding hydrogens is 361 g/mol. The van der Waals surface area contributed by atoms with Gasteiger partial charge in [0, 0.05) is 18.0 Å². The lowest BCUT2D eigenvalue weighted by Gasteiger charge is -2.22. The summed E-state index contributed by atoms with van der Waals surface area (Å²) in [6.07, 6.45) is -1.82. The molecule has 0 saturated heterocycles. The molecule has 0 unspecified atom stereocenters. The van der Waals surface area contributed by atoms with Gasteiger partial charge in [-0.25, -0.2) is 18.0 Å². The summed E-state index contributed by atoms with van der Waals surface area (Å²) in [5.41, 5.74) is -0.453. The Morgan fingerprint density at radius 2 is 1.81 bits per heavy atom. The molecule has 0 aliphatic heterocycles. The summed E-state index contributed by atoms with van der Waals surface area (Å²) < 4.78 is 46.6. The number of benzene rings is 1. The van der Waals surface area contributed by atoms with Crippen LogP contribution in [0.15, 0.2) is 18.2 Å². The largest absolute Gasteiger partial charge is 0.444 e. The molecule has 0 fully saturated rings. The molecule has 8 heteroatoms. The second kappa shape index (κ2) is 9.10. The van der Waals surface area contributed by atoms with E-state index in [-0.39, 0.29) is 23.6 Å². The molecule has 5 nitrogen and oxygen atoms in total. The molecule has 0 spiro atoms. The van der Waals surface area contributed by atoms with Crippen molar-refractivity contribution in [1.29, 1.82) is 0 Å². The summed E-state index contributed by atoms with van der Waals surface area (Å²) in [4.78, 5) is 23.7. The number of carbonyl (C=O) groups excluding carboxylic acids is 2. The van der Waals surface area contributed by atoms with Crippen LogP contribution in [-0.2, 0) is 11.2 Å². The Balaban J connectivity index is 2.74. The molecule has 0 aromatic heterocycles. The van der Waals surface area contributed by atoms with E-state index in [9.17, 15) is 22.8 Å². The monoisotopic (exact) mass is 388 g/mol. The van der Waals surface area contributed by atoms with Gasteiger partial charge in [-0.2, -0.15) is 0 Å². The zero-order valence-electron chi connectivity index (χ0n) is 16.3. The minimum atomic E-state index is -3.24. The Kier molecular flexibility index (Phi) is 7.68. The van der Waals surface area contributed by atoms with E-state index in [2.05, 4.69) is 5.32 Å². The number of alkyl carbamates (subject to hydrolysis) is 1. The molecule has 0 aliphatic carbocycles. The molecule has 1 rings (SSSR count). The van der Waals surface area contributed by atoms with Crippen LogP contribution in [0.4, 0.5) is 18.0 Å². The van der Waals surface area contributed by atoms with Gasteiger partial charge in [-0.15, -0.1) is 0 Å². The van der Waals surface area contributed by atoms with E-state index >= 15 is 0 Å². The standard InChI is InChI=1S/C19H27F3N2O3/c1-12(2)24-16(25)15-7-6-14(20)10-13(15)8-9-19(21,22)11-23-17(26)27-18(3,4)5/h6-7,10,12H,8-9,11H2,1-5H3,(H,23,26)(H,24,25). The summed E-state index contributed by atoms with van der Waals surface area (Å²) in [5.74, 6) is -4.30. The average molecular weight is 388 g/mol. The maximum Gasteiger partial charge on any atom is 0.407 e. The molecule has 0 saturated carbocycles. The number of halogens is 3. The van der Waals surface area contributed by atoms with Crippen molar-refractivity contribution in [3.63, 3.8) is 0 Å². The van der Waals surface area contributed by atoms with Gasteiger partial charge in [0.2, 0.25) is 0 Å². The highest BCUT2D eigenvalue weighted by Crippen LogP contribution is 2.23. The molecule has 2 amide bonds. The zero-order valence-corrected chi connectivity index (χ0v) is 16.3. The van der Waals surface area contributed by atoms with E-state index in [0.717, 1.165) is 12.1 Å². The molecule has 1 aromatic carbocycles. The third kappa shape index (κ3) is 8.79. The van der Waals surface area contributed by atoms with Crippen molar-refractivity contribution in [2.75, 3.05) is 6.54 Å². The van der Waals surface area contributed by atoms with E-state index in [0.29, 0.717) is 0 Å². The van der Waals surface area contributed by atoms with Gasteiger partial charge in [0.15, 0.2) is 0 Å². The predicted molar refractivity (Wildman–Crippen MR) is 96.5 cm³/mol. The first-order valence-electron chi connectivity index (χ1n) is 8.73. The van der Waals surface area contributed by atoms with E-state index in [1.54, 1.807) is 34.6 Å². The Labute approximate surface area is 157 Å². The summed E-state index contributed by atoms with van der Waals surface area (Å²) in [6, 6.07) is 3.32. The Hall–Kier alpha value is -2.25. The molecular formula is C19H27F3N2O3. The van der Waals surface area contributed by atoms with Crippen molar-refractivity contribution < 1.29 is 27.5 Å². The van der Waals surface area contributed by atoms with Crippen LogP contribution < -0.4 is 10.6 Å². The third-order valence-electron chi connectivity index (χ3n) is 3.38. The molecule has 27 heavy (non-hydrogen) atoms. The summed E-state index contributed by atoms with van der Waals surface area (Å²) >= 11 is 0. The zero-order chi connectivity index (χ0) is 20.8. The third-order valence-corrected chi connectivity index (χ3v) is 3.38. The lowest BCUT2D eigenvalue weighted by atomic mass is 9.99. The van der Waals surface area contributed by atoms with Crippen LogP contribution in [0.1, 0.15) is 57.0 Å². The fourth-order valence-corrected chi connectivity index (χ4v) is 2.25. The van der Waals surface area contributed by atoms with Gasteiger partial charge in [0.1, 0.15) is 11.4 Å². The molecule has 1 aromatic rings. The number of rotatable bonds is 7. The van der Waals surface area contributed by atoms with Crippen molar-refractivity contribution in [3.05, 3.63) is 35.1 Å². The SMILES string of the molecule is CC(C)NC(=O)c1ccc(F)cc1CCC(F)(F)CNC(=O)OC(C)(C)C. The van der Waals surface area contributed by atoms with Crippen molar-refractivity contribution in [2.45, 2.75) is 65.0 Å². The minimum Gasteiger partial charge on any atom is -0.444 e. The molecule has 0 radical (unpaired) electrons. The first-order valence-corrected chi connectivity index (χ1v) is 8.73. The highest BCUT2D eigenvalue weighted by atomic mass is 19.3. The minimum absolute atomic E-state index is 0.144. The van der Waals surface area contributed by atoms with Crippen LogP contribution in [-0.4, -0.2) is 36.1 Å². The maximum absolute atomic E-state index is 14.1. The van der Waals surface area contributed by atoms with Gasteiger partial charge in [0.25, 0.3) is 11.8 Å². The lowest BCUT2D eigenvalue weighted by Crippen LogP contribution is -2.40. The second-order valence-electron chi connectivity index (χ2n) is 7.64. The van der Waals surface area contributed by atoms with Gasteiger partial charge >= 0.3 is 6.09 Å². The maximum atomic E-state index is 14.1. The molecule has 0 heterocycles. The summed E-state index contributed by atoms with van der Waals surface area (Å²) in [5, 5.41) is 4.68. The first-order chi connectivity index (χ1) is 12.3.